The Kier molecular flexibility index (Phi) is 4.18. The molecule has 1 N–H and O–H groups in total. The maximum Gasteiger partial charge on any atom is 0.216 e. The number of nitrogens with zero attached hydrogens (tertiary/aromatic N) is 1. The molecular formula is C16H17FN2O3S. The smallest absolute Gasteiger partial charge is 0.216 e. The Labute approximate surface area is 134 Å². The number of hydrogen-bond donors (Lipinski definition) is 1. The lowest BCUT2D eigenvalue weighted by Crippen LogP contribution is -2.59. The van der Waals surface area contributed by atoms with Crippen LogP contribution in [0.15, 0.2) is 42.6 Å². The maximum atomic E-state index is 13.9. The predicted molar refractivity (Wildman–Crippen MR) is 83.6 cm³/mol. The molecule has 23 heavy (non-hydrogen) atoms. The molecule has 0 aliphatic carbocycles. The summed E-state index contributed by atoms with van der Waals surface area (Å²) in [6.45, 7) is 2.17. The van der Waals surface area contributed by atoms with Crippen molar-refractivity contribution in [2.75, 3.05) is 13.2 Å². The monoisotopic (exact) mass is 336 g/mol. The molecule has 3 rings (SSSR count). The van der Waals surface area contributed by atoms with Crippen LogP contribution in [-0.4, -0.2) is 26.6 Å². The molecule has 1 aromatic carbocycles. The third kappa shape index (κ3) is 3.41. The third-order valence-electron chi connectivity index (χ3n) is 3.76. The summed E-state index contributed by atoms with van der Waals surface area (Å²) in [5, 5.41) is 0. The first-order valence-electron chi connectivity index (χ1n) is 7.16. The number of pyridine rings is 1. The van der Waals surface area contributed by atoms with Gasteiger partial charge in [-0.3, -0.25) is 4.98 Å². The largest absolute Gasteiger partial charge is 0.377 e. The molecule has 1 saturated heterocycles. The zero-order valence-electron chi connectivity index (χ0n) is 12.6. The van der Waals surface area contributed by atoms with Crippen LogP contribution in [0.2, 0.25) is 0 Å². The highest BCUT2D eigenvalue weighted by molar-refractivity contribution is 7.88. The first kappa shape index (κ1) is 16.0. The molecule has 0 unspecified atom stereocenters. The highest BCUT2D eigenvalue weighted by atomic mass is 32.2. The van der Waals surface area contributed by atoms with Gasteiger partial charge in [0.15, 0.2) is 0 Å². The van der Waals surface area contributed by atoms with E-state index in [-0.39, 0.29) is 18.8 Å². The van der Waals surface area contributed by atoms with Gasteiger partial charge in [0.1, 0.15) is 11.4 Å². The van der Waals surface area contributed by atoms with Crippen LogP contribution in [0, 0.1) is 12.7 Å². The lowest BCUT2D eigenvalue weighted by molar-refractivity contribution is -0.0686. The Morgan fingerprint density at radius 3 is 2.65 bits per heavy atom. The molecule has 2 aromatic rings. The zero-order chi connectivity index (χ0) is 16.5. The van der Waals surface area contributed by atoms with Gasteiger partial charge in [0.25, 0.3) is 0 Å². The molecule has 1 fully saturated rings. The number of aromatic nitrogens is 1. The molecule has 1 aromatic heterocycles. The predicted octanol–water partition coefficient (Wildman–Crippen LogP) is 1.87. The molecule has 1 aliphatic rings. The molecule has 5 nitrogen and oxygen atoms in total. The number of nitrogens with one attached hydrogen (secondary N) is 1. The second kappa shape index (κ2) is 5.99. The maximum absolute atomic E-state index is 13.9. The topological polar surface area (TPSA) is 68.3 Å². The lowest BCUT2D eigenvalue weighted by atomic mass is 9.94. The molecule has 0 saturated carbocycles. The third-order valence-corrected chi connectivity index (χ3v) is 5.15. The van der Waals surface area contributed by atoms with Crippen molar-refractivity contribution in [1.82, 2.24) is 9.71 Å². The van der Waals surface area contributed by atoms with E-state index in [2.05, 4.69) is 9.71 Å². The van der Waals surface area contributed by atoms with Crippen molar-refractivity contribution in [3.8, 4) is 0 Å². The van der Waals surface area contributed by atoms with Gasteiger partial charge >= 0.3 is 0 Å². The quantitative estimate of drug-likeness (QED) is 0.905. The Balaban J connectivity index is 1.83. The summed E-state index contributed by atoms with van der Waals surface area (Å²) in [5.74, 6) is -0.944. The summed E-state index contributed by atoms with van der Waals surface area (Å²) in [5.41, 5.74) is 0.606. The molecular weight excluding hydrogens is 319 g/mol. The molecule has 0 bridgehead atoms. The minimum absolute atomic E-state index is 0.138. The van der Waals surface area contributed by atoms with Crippen LogP contribution in [0.3, 0.4) is 0 Å². The fourth-order valence-electron chi connectivity index (χ4n) is 2.52. The molecule has 0 atom stereocenters. The summed E-state index contributed by atoms with van der Waals surface area (Å²) < 4.78 is 46.6. The van der Waals surface area contributed by atoms with Crippen molar-refractivity contribution in [1.29, 1.82) is 0 Å². The summed E-state index contributed by atoms with van der Waals surface area (Å²) >= 11 is 0. The fraction of sp³-hybridized carbons (Fsp3) is 0.312. The highest BCUT2D eigenvalue weighted by Crippen LogP contribution is 2.29. The van der Waals surface area contributed by atoms with E-state index in [1.807, 2.05) is 0 Å². The molecule has 0 radical (unpaired) electrons. The normalized spacial score (nSPS) is 16.8. The molecule has 0 amide bonds. The van der Waals surface area contributed by atoms with Crippen LogP contribution >= 0.6 is 0 Å². The average Bonchev–Trinajstić information content (AvgIpc) is 2.47. The molecule has 2 heterocycles. The van der Waals surface area contributed by atoms with E-state index in [0.717, 1.165) is 5.56 Å². The van der Waals surface area contributed by atoms with Crippen LogP contribution in [0.25, 0.3) is 0 Å². The Hall–Kier alpha value is -1.83. The van der Waals surface area contributed by atoms with E-state index in [1.54, 1.807) is 37.4 Å². The highest BCUT2D eigenvalue weighted by Gasteiger charge is 2.44. The second-order valence-corrected chi connectivity index (χ2v) is 7.47. The van der Waals surface area contributed by atoms with Crippen molar-refractivity contribution >= 4 is 10.0 Å². The van der Waals surface area contributed by atoms with Crippen LogP contribution in [0.1, 0.15) is 16.8 Å². The molecule has 7 heteroatoms. The number of ether oxygens (including phenoxy) is 1. The first-order valence-corrected chi connectivity index (χ1v) is 8.81. The zero-order valence-corrected chi connectivity index (χ0v) is 13.4. The summed E-state index contributed by atoms with van der Waals surface area (Å²) in [6, 6.07) is 9.80. The second-order valence-electron chi connectivity index (χ2n) is 5.75. The van der Waals surface area contributed by atoms with Gasteiger partial charge in [-0.15, -0.1) is 0 Å². The first-order chi connectivity index (χ1) is 10.9. The van der Waals surface area contributed by atoms with Crippen molar-refractivity contribution in [2.45, 2.75) is 18.2 Å². The van der Waals surface area contributed by atoms with Crippen LogP contribution in [0.5, 0.6) is 0 Å². The van der Waals surface area contributed by atoms with E-state index < -0.39 is 27.1 Å². The van der Waals surface area contributed by atoms with Gasteiger partial charge in [-0.2, -0.15) is 4.72 Å². The number of benzene rings is 1. The van der Waals surface area contributed by atoms with Gasteiger partial charge in [0.2, 0.25) is 10.0 Å². The van der Waals surface area contributed by atoms with Gasteiger partial charge in [-0.05, 0) is 30.7 Å². The number of halogens is 1. The van der Waals surface area contributed by atoms with E-state index in [0.29, 0.717) is 5.69 Å². The van der Waals surface area contributed by atoms with Crippen molar-refractivity contribution in [3.05, 3.63) is 65.2 Å². The molecule has 0 spiro atoms. The lowest BCUT2D eigenvalue weighted by Gasteiger charge is -2.41. The molecule has 122 valence electrons. The minimum Gasteiger partial charge on any atom is -0.377 e. The number of sulfonamides is 1. The van der Waals surface area contributed by atoms with E-state index in [4.69, 9.17) is 4.74 Å². The standard InChI is InChI=1S/C16H17FN2O3S/c1-12-5-6-13(14(17)8-12)9-23(20,21)19-16(10-22-11-16)15-4-2-3-7-18-15/h2-8,19H,9-11H2,1H3. The number of rotatable bonds is 5. The summed E-state index contributed by atoms with van der Waals surface area (Å²) in [6.07, 6.45) is 1.60. The van der Waals surface area contributed by atoms with Gasteiger partial charge in [0.05, 0.1) is 24.7 Å². The Morgan fingerprint density at radius 2 is 2.09 bits per heavy atom. The van der Waals surface area contributed by atoms with E-state index in [9.17, 15) is 12.8 Å². The Bertz CT molecular complexity index is 805. The van der Waals surface area contributed by atoms with Crippen molar-refractivity contribution in [2.24, 2.45) is 0 Å². The SMILES string of the molecule is Cc1ccc(CS(=O)(=O)NC2(c3ccccn3)COC2)c(F)c1. The Morgan fingerprint density at radius 1 is 1.30 bits per heavy atom. The van der Waals surface area contributed by atoms with Crippen LogP contribution in [-0.2, 0) is 26.1 Å². The van der Waals surface area contributed by atoms with Crippen LogP contribution < -0.4 is 4.72 Å². The number of aryl methyl sites for hydroxylation is 1. The van der Waals surface area contributed by atoms with Crippen molar-refractivity contribution < 1.29 is 17.5 Å². The van der Waals surface area contributed by atoms with E-state index in [1.165, 1.54) is 12.1 Å². The van der Waals surface area contributed by atoms with Gasteiger partial charge in [-0.25, -0.2) is 12.8 Å². The van der Waals surface area contributed by atoms with E-state index >= 15 is 0 Å². The van der Waals surface area contributed by atoms with Gasteiger partial charge in [-0.1, -0.05) is 18.2 Å². The summed E-state index contributed by atoms with van der Waals surface area (Å²) in [7, 11) is -3.75. The summed E-state index contributed by atoms with van der Waals surface area (Å²) in [4.78, 5) is 4.21. The number of hydrogen-bond acceptors (Lipinski definition) is 4. The molecule has 1 aliphatic heterocycles. The average molecular weight is 336 g/mol. The minimum atomic E-state index is -3.75. The van der Waals surface area contributed by atoms with Gasteiger partial charge in [0, 0.05) is 11.8 Å². The van der Waals surface area contributed by atoms with Crippen molar-refractivity contribution in [3.63, 3.8) is 0 Å². The van der Waals surface area contributed by atoms with Crippen LogP contribution in [0.4, 0.5) is 4.39 Å². The van der Waals surface area contributed by atoms with Gasteiger partial charge < -0.3 is 4.74 Å². The fourth-order valence-corrected chi connectivity index (χ4v) is 4.05.